The maximum absolute atomic E-state index is 11.7. The SMILES string of the molecule is C#CCOCCC(=O)NCC1(O)CCc2ccccc21. The third-order valence-electron chi connectivity index (χ3n) is 3.56. The summed E-state index contributed by atoms with van der Waals surface area (Å²) < 4.78 is 5.05. The fourth-order valence-corrected chi connectivity index (χ4v) is 2.48. The van der Waals surface area contributed by atoms with Gasteiger partial charge >= 0.3 is 0 Å². The molecule has 0 fully saturated rings. The van der Waals surface area contributed by atoms with E-state index in [4.69, 9.17) is 11.2 Å². The molecule has 2 N–H and O–H groups in total. The van der Waals surface area contributed by atoms with Crippen molar-refractivity contribution in [3.63, 3.8) is 0 Å². The van der Waals surface area contributed by atoms with E-state index in [0.717, 1.165) is 17.5 Å². The quantitative estimate of drug-likeness (QED) is 0.600. The van der Waals surface area contributed by atoms with Crippen molar-refractivity contribution >= 4 is 5.91 Å². The lowest BCUT2D eigenvalue weighted by Crippen LogP contribution is -2.39. The smallest absolute Gasteiger partial charge is 0.222 e. The predicted octanol–water partition coefficient (Wildman–Crippen LogP) is 0.976. The van der Waals surface area contributed by atoms with Crippen LogP contribution in [0.3, 0.4) is 0 Å². The molecule has 1 aromatic carbocycles. The molecule has 1 aliphatic carbocycles. The van der Waals surface area contributed by atoms with Crippen molar-refractivity contribution in [3.8, 4) is 12.3 Å². The molecule has 1 unspecified atom stereocenters. The van der Waals surface area contributed by atoms with Crippen LogP contribution in [0.4, 0.5) is 0 Å². The summed E-state index contributed by atoms with van der Waals surface area (Å²) in [7, 11) is 0. The Morgan fingerprint density at radius 3 is 3.10 bits per heavy atom. The van der Waals surface area contributed by atoms with Crippen molar-refractivity contribution in [2.45, 2.75) is 24.9 Å². The fourth-order valence-electron chi connectivity index (χ4n) is 2.48. The number of hydrogen-bond donors (Lipinski definition) is 2. The van der Waals surface area contributed by atoms with Crippen LogP contribution in [-0.4, -0.2) is 30.8 Å². The molecule has 0 spiro atoms. The number of benzene rings is 1. The van der Waals surface area contributed by atoms with E-state index in [1.807, 2.05) is 24.3 Å². The van der Waals surface area contributed by atoms with Gasteiger partial charge in [-0.2, -0.15) is 0 Å². The van der Waals surface area contributed by atoms with Gasteiger partial charge in [-0.25, -0.2) is 0 Å². The van der Waals surface area contributed by atoms with Crippen LogP contribution in [0.1, 0.15) is 24.0 Å². The number of fused-ring (bicyclic) bond motifs is 1. The Hall–Kier alpha value is -1.83. The first kappa shape index (κ1) is 14.6. The molecule has 1 atom stereocenters. The zero-order valence-electron chi connectivity index (χ0n) is 11.4. The monoisotopic (exact) mass is 273 g/mol. The summed E-state index contributed by atoms with van der Waals surface area (Å²) in [6, 6.07) is 7.81. The van der Waals surface area contributed by atoms with Crippen molar-refractivity contribution in [3.05, 3.63) is 35.4 Å². The third-order valence-corrected chi connectivity index (χ3v) is 3.56. The van der Waals surface area contributed by atoms with Crippen LogP contribution in [0, 0.1) is 12.3 Å². The van der Waals surface area contributed by atoms with Crippen LogP contribution in [0.15, 0.2) is 24.3 Å². The molecule has 1 aliphatic rings. The summed E-state index contributed by atoms with van der Waals surface area (Å²) in [5.41, 5.74) is 1.12. The molecular weight excluding hydrogens is 254 g/mol. The summed E-state index contributed by atoms with van der Waals surface area (Å²) >= 11 is 0. The lowest BCUT2D eigenvalue weighted by atomic mass is 9.96. The first-order valence-electron chi connectivity index (χ1n) is 6.74. The van der Waals surface area contributed by atoms with E-state index in [0.29, 0.717) is 13.0 Å². The van der Waals surface area contributed by atoms with E-state index in [1.54, 1.807) is 0 Å². The van der Waals surface area contributed by atoms with Gasteiger partial charge in [0.1, 0.15) is 12.2 Å². The molecule has 0 saturated carbocycles. The van der Waals surface area contributed by atoms with Crippen molar-refractivity contribution < 1.29 is 14.6 Å². The van der Waals surface area contributed by atoms with Crippen LogP contribution >= 0.6 is 0 Å². The minimum absolute atomic E-state index is 0.139. The van der Waals surface area contributed by atoms with Crippen molar-refractivity contribution in [2.75, 3.05) is 19.8 Å². The summed E-state index contributed by atoms with van der Waals surface area (Å²) in [5.74, 6) is 2.20. The molecule has 1 amide bonds. The van der Waals surface area contributed by atoms with E-state index >= 15 is 0 Å². The maximum Gasteiger partial charge on any atom is 0.222 e. The highest BCUT2D eigenvalue weighted by Crippen LogP contribution is 2.36. The summed E-state index contributed by atoms with van der Waals surface area (Å²) in [5, 5.41) is 13.4. The summed E-state index contributed by atoms with van der Waals surface area (Å²) in [6.07, 6.45) is 6.77. The van der Waals surface area contributed by atoms with Crippen LogP contribution < -0.4 is 5.32 Å². The van der Waals surface area contributed by atoms with Gasteiger partial charge in [-0.3, -0.25) is 4.79 Å². The van der Waals surface area contributed by atoms with Crippen LogP contribution in [0.2, 0.25) is 0 Å². The van der Waals surface area contributed by atoms with Crippen LogP contribution in [-0.2, 0) is 21.6 Å². The molecule has 0 bridgehead atoms. The summed E-state index contributed by atoms with van der Waals surface area (Å²) in [4.78, 5) is 11.7. The molecule has 4 heteroatoms. The minimum atomic E-state index is -0.952. The highest BCUT2D eigenvalue weighted by Gasteiger charge is 2.36. The zero-order chi connectivity index (χ0) is 14.4. The van der Waals surface area contributed by atoms with E-state index in [9.17, 15) is 9.90 Å². The average Bonchev–Trinajstić information content (AvgIpc) is 2.80. The van der Waals surface area contributed by atoms with Gasteiger partial charge in [-0.05, 0) is 24.0 Å². The predicted molar refractivity (Wildman–Crippen MR) is 75.9 cm³/mol. The van der Waals surface area contributed by atoms with Crippen LogP contribution in [0.25, 0.3) is 0 Å². The lowest BCUT2D eigenvalue weighted by molar-refractivity contribution is -0.123. The molecule has 0 aromatic heterocycles. The Morgan fingerprint density at radius 2 is 2.30 bits per heavy atom. The van der Waals surface area contributed by atoms with Gasteiger partial charge in [0.05, 0.1) is 19.6 Å². The van der Waals surface area contributed by atoms with Gasteiger partial charge in [0.2, 0.25) is 5.91 Å². The number of hydrogen-bond acceptors (Lipinski definition) is 3. The Balaban J connectivity index is 1.82. The maximum atomic E-state index is 11.7. The number of rotatable bonds is 6. The number of amides is 1. The number of aliphatic hydroxyl groups is 1. The van der Waals surface area contributed by atoms with Gasteiger partial charge < -0.3 is 15.2 Å². The fraction of sp³-hybridized carbons (Fsp3) is 0.438. The second-order valence-electron chi connectivity index (χ2n) is 4.97. The highest BCUT2D eigenvalue weighted by molar-refractivity contribution is 5.76. The Labute approximate surface area is 119 Å². The zero-order valence-corrected chi connectivity index (χ0v) is 11.4. The van der Waals surface area contributed by atoms with E-state index in [1.165, 1.54) is 0 Å². The molecule has 2 rings (SSSR count). The van der Waals surface area contributed by atoms with E-state index in [-0.39, 0.29) is 25.5 Å². The Bertz CT molecular complexity index is 521. The van der Waals surface area contributed by atoms with Crippen molar-refractivity contribution in [1.82, 2.24) is 5.32 Å². The molecule has 0 heterocycles. The average molecular weight is 273 g/mol. The topological polar surface area (TPSA) is 58.6 Å². The van der Waals surface area contributed by atoms with Gasteiger partial charge in [0, 0.05) is 0 Å². The lowest BCUT2D eigenvalue weighted by Gasteiger charge is -2.24. The molecule has 0 radical (unpaired) electrons. The van der Waals surface area contributed by atoms with Crippen LogP contribution in [0.5, 0.6) is 0 Å². The second-order valence-corrected chi connectivity index (χ2v) is 4.97. The van der Waals surface area contributed by atoms with E-state index in [2.05, 4.69) is 11.2 Å². The summed E-state index contributed by atoms with van der Waals surface area (Å²) in [6.45, 7) is 0.744. The number of aryl methyl sites for hydroxylation is 1. The molecule has 4 nitrogen and oxygen atoms in total. The first-order chi connectivity index (χ1) is 9.65. The number of carbonyl (C=O) groups excluding carboxylic acids is 1. The molecule has 1 aromatic rings. The third kappa shape index (κ3) is 3.38. The number of terminal acetylenes is 1. The molecular formula is C16H19NO3. The second kappa shape index (κ2) is 6.56. The first-order valence-corrected chi connectivity index (χ1v) is 6.74. The van der Waals surface area contributed by atoms with Gasteiger partial charge in [0.15, 0.2) is 0 Å². The normalized spacial score (nSPS) is 20.2. The van der Waals surface area contributed by atoms with Crippen molar-refractivity contribution in [2.24, 2.45) is 0 Å². The van der Waals surface area contributed by atoms with Gasteiger partial charge in [-0.15, -0.1) is 6.42 Å². The van der Waals surface area contributed by atoms with Crippen molar-refractivity contribution in [1.29, 1.82) is 0 Å². The standard InChI is InChI=1S/C16H19NO3/c1-2-10-20-11-8-15(18)17-12-16(19)9-7-13-5-3-4-6-14(13)16/h1,3-6,19H,7-12H2,(H,17,18). The van der Waals surface area contributed by atoms with Gasteiger partial charge in [0.25, 0.3) is 0 Å². The molecule has 106 valence electrons. The van der Waals surface area contributed by atoms with Gasteiger partial charge in [-0.1, -0.05) is 30.2 Å². The minimum Gasteiger partial charge on any atom is -0.383 e. The largest absolute Gasteiger partial charge is 0.383 e. The molecule has 0 saturated heterocycles. The number of carbonyl (C=O) groups is 1. The molecule has 0 aliphatic heterocycles. The number of nitrogens with one attached hydrogen (secondary N) is 1. The highest BCUT2D eigenvalue weighted by atomic mass is 16.5. The van der Waals surface area contributed by atoms with E-state index < -0.39 is 5.60 Å². The number of ether oxygens (including phenoxy) is 1. The Morgan fingerprint density at radius 1 is 1.50 bits per heavy atom. The molecule has 20 heavy (non-hydrogen) atoms. The Kier molecular flexibility index (Phi) is 4.78.